The van der Waals surface area contributed by atoms with Crippen molar-refractivity contribution in [2.45, 2.75) is 38.6 Å². The van der Waals surface area contributed by atoms with Gasteiger partial charge in [-0.1, -0.05) is 11.3 Å². The van der Waals surface area contributed by atoms with Crippen LogP contribution in [0.4, 0.5) is 9.93 Å². The Morgan fingerprint density at radius 3 is 2.50 bits per heavy atom. The Balaban J connectivity index is 2.68. The van der Waals surface area contributed by atoms with Gasteiger partial charge in [-0.3, -0.25) is 5.32 Å². The van der Waals surface area contributed by atoms with Gasteiger partial charge in [-0.25, -0.2) is 14.6 Å². The summed E-state index contributed by atoms with van der Waals surface area (Å²) in [5.74, 6) is -1.55. The molecule has 0 aliphatic rings. The number of ether oxygens (including phenoxy) is 1. The number of hydrogen-bond donors (Lipinski definition) is 4. The van der Waals surface area contributed by atoms with Crippen LogP contribution in [-0.4, -0.2) is 44.1 Å². The number of nitrogens with zero attached hydrogens (tertiary/aromatic N) is 1. The number of aliphatic hydroxyl groups is 2. The summed E-state index contributed by atoms with van der Waals surface area (Å²) in [5, 5.41) is 29.9. The van der Waals surface area contributed by atoms with E-state index in [0.29, 0.717) is 0 Å². The fourth-order valence-electron chi connectivity index (χ4n) is 1.16. The molecule has 4 N–H and O–H groups in total. The molecule has 2 atom stereocenters. The highest BCUT2D eigenvalue weighted by atomic mass is 32.1. The van der Waals surface area contributed by atoms with Crippen LogP contribution in [0.3, 0.4) is 0 Å². The van der Waals surface area contributed by atoms with Crippen LogP contribution in [0.5, 0.6) is 0 Å². The van der Waals surface area contributed by atoms with Crippen LogP contribution in [0, 0.1) is 0 Å². The molecule has 1 aromatic rings. The molecule has 0 saturated carbocycles. The third kappa shape index (κ3) is 4.76. The third-order valence-electron chi connectivity index (χ3n) is 1.98. The summed E-state index contributed by atoms with van der Waals surface area (Å²) in [4.78, 5) is 25.9. The lowest BCUT2D eigenvalue weighted by atomic mass is 10.2. The van der Waals surface area contributed by atoms with E-state index in [4.69, 9.17) is 9.84 Å². The molecule has 0 aromatic carbocycles. The number of anilines is 1. The van der Waals surface area contributed by atoms with Crippen LogP contribution in [0.1, 0.15) is 31.8 Å². The van der Waals surface area contributed by atoms with Gasteiger partial charge in [-0.15, -0.1) is 0 Å². The number of carbonyl (C=O) groups is 2. The van der Waals surface area contributed by atoms with Crippen molar-refractivity contribution >= 4 is 28.5 Å². The second-order valence-electron chi connectivity index (χ2n) is 4.92. The maximum atomic E-state index is 11.5. The Morgan fingerprint density at radius 2 is 2.00 bits per heavy atom. The maximum absolute atomic E-state index is 11.5. The molecule has 1 heterocycles. The molecule has 0 bridgehead atoms. The summed E-state index contributed by atoms with van der Waals surface area (Å²) in [5.41, 5.74) is -0.664. The van der Waals surface area contributed by atoms with Crippen molar-refractivity contribution in [2.75, 3.05) is 5.32 Å². The molecule has 1 rings (SSSR count). The minimum atomic E-state index is -1.95. The lowest BCUT2D eigenvalue weighted by Gasteiger charge is -2.18. The number of amides is 1. The molecule has 1 amide bonds. The van der Waals surface area contributed by atoms with Crippen molar-refractivity contribution in [1.29, 1.82) is 0 Å². The number of nitrogens with one attached hydrogen (secondary N) is 1. The zero-order valence-electron chi connectivity index (χ0n) is 11.2. The van der Waals surface area contributed by atoms with Crippen molar-refractivity contribution in [3.63, 3.8) is 0 Å². The molecule has 9 heteroatoms. The van der Waals surface area contributed by atoms with E-state index in [1.54, 1.807) is 20.8 Å². The van der Waals surface area contributed by atoms with Crippen molar-refractivity contribution in [3.05, 3.63) is 11.1 Å². The molecule has 2 unspecified atom stereocenters. The summed E-state index contributed by atoms with van der Waals surface area (Å²) < 4.78 is 5.01. The fraction of sp³-hybridized carbons (Fsp3) is 0.545. The van der Waals surface area contributed by atoms with Crippen LogP contribution in [-0.2, 0) is 9.53 Å². The van der Waals surface area contributed by atoms with Gasteiger partial charge in [0.05, 0.1) is 4.88 Å². The van der Waals surface area contributed by atoms with Gasteiger partial charge in [0.2, 0.25) is 0 Å². The molecule has 20 heavy (non-hydrogen) atoms. The highest BCUT2D eigenvalue weighted by Gasteiger charge is 2.27. The Labute approximate surface area is 119 Å². The molecule has 0 radical (unpaired) electrons. The third-order valence-corrected chi connectivity index (χ3v) is 2.96. The van der Waals surface area contributed by atoms with E-state index in [-0.39, 0.29) is 10.0 Å². The molecule has 1 aromatic heterocycles. The summed E-state index contributed by atoms with van der Waals surface area (Å²) in [7, 11) is 0. The Kier molecular flexibility index (Phi) is 5.03. The molecule has 0 fully saturated rings. The van der Waals surface area contributed by atoms with Crippen LogP contribution in [0.2, 0.25) is 0 Å². The second-order valence-corrected chi connectivity index (χ2v) is 5.98. The minimum Gasteiger partial charge on any atom is -0.479 e. The molecule has 0 saturated heterocycles. The highest BCUT2D eigenvalue weighted by Crippen LogP contribution is 2.27. The van der Waals surface area contributed by atoms with Crippen LogP contribution < -0.4 is 5.32 Å². The largest absolute Gasteiger partial charge is 0.479 e. The quantitative estimate of drug-likeness (QED) is 0.652. The maximum Gasteiger partial charge on any atom is 0.413 e. The number of hydrogen-bond acceptors (Lipinski definition) is 7. The average Bonchev–Trinajstić information content (AvgIpc) is 2.72. The average molecular weight is 304 g/mol. The van der Waals surface area contributed by atoms with Gasteiger partial charge in [0, 0.05) is 6.20 Å². The lowest BCUT2D eigenvalue weighted by Crippen LogP contribution is -2.27. The van der Waals surface area contributed by atoms with Gasteiger partial charge in [-0.05, 0) is 20.8 Å². The number of rotatable bonds is 4. The Morgan fingerprint density at radius 1 is 1.40 bits per heavy atom. The number of carboxylic acids is 1. The molecule has 112 valence electrons. The van der Waals surface area contributed by atoms with Gasteiger partial charge < -0.3 is 20.1 Å². The van der Waals surface area contributed by atoms with Crippen LogP contribution >= 0.6 is 11.3 Å². The molecule has 8 nitrogen and oxygen atoms in total. The predicted octanol–water partition coefficient (Wildman–Crippen LogP) is 0.969. The first-order valence-corrected chi connectivity index (χ1v) is 6.46. The molecule has 0 aliphatic heterocycles. The number of thiazole rings is 1. The molecular weight excluding hydrogens is 288 g/mol. The first kappa shape index (κ1) is 16.3. The fourth-order valence-corrected chi connectivity index (χ4v) is 1.98. The van der Waals surface area contributed by atoms with Crippen molar-refractivity contribution in [1.82, 2.24) is 4.98 Å². The lowest BCUT2D eigenvalue weighted by molar-refractivity contribution is -0.152. The predicted molar refractivity (Wildman–Crippen MR) is 70.6 cm³/mol. The monoisotopic (exact) mass is 304 g/mol. The van der Waals surface area contributed by atoms with Crippen LogP contribution in [0.15, 0.2) is 6.20 Å². The van der Waals surface area contributed by atoms with Gasteiger partial charge in [-0.2, -0.15) is 0 Å². The van der Waals surface area contributed by atoms with Gasteiger partial charge in [0.1, 0.15) is 11.7 Å². The standard InChI is InChI=1S/C11H16N2O6S/c1-11(2,3)19-10(18)13-9-12-4-5(20-9)6(14)7(15)8(16)17/h4,6-7,14-15H,1-3H3,(H,16,17)(H,12,13,18). The van der Waals surface area contributed by atoms with E-state index in [2.05, 4.69) is 10.3 Å². The van der Waals surface area contributed by atoms with E-state index in [9.17, 15) is 19.8 Å². The number of aliphatic hydroxyl groups excluding tert-OH is 2. The van der Waals surface area contributed by atoms with Gasteiger partial charge >= 0.3 is 12.1 Å². The summed E-state index contributed by atoms with van der Waals surface area (Å²) in [6.45, 7) is 5.10. The number of aliphatic carboxylic acids is 1. The SMILES string of the molecule is CC(C)(C)OC(=O)Nc1ncc(C(O)C(O)C(=O)O)s1. The zero-order valence-corrected chi connectivity index (χ0v) is 12.0. The minimum absolute atomic E-state index is 0.117. The van der Waals surface area contributed by atoms with E-state index in [1.165, 1.54) is 6.20 Å². The van der Waals surface area contributed by atoms with E-state index in [0.717, 1.165) is 11.3 Å². The normalized spacial score (nSPS) is 14.4. The molecular formula is C11H16N2O6S. The smallest absolute Gasteiger partial charge is 0.413 e. The Bertz CT molecular complexity index is 495. The number of carbonyl (C=O) groups excluding carboxylic acids is 1. The zero-order chi connectivity index (χ0) is 15.5. The summed E-state index contributed by atoms with van der Waals surface area (Å²) in [6.07, 6.45) is -3.11. The molecule has 0 aliphatic carbocycles. The van der Waals surface area contributed by atoms with Crippen molar-refractivity contribution in [3.8, 4) is 0 Å². The van der Waals surface area contributed by atoms with Crippen molar-refractivity contribution in [2.24, 2.45) is 0 Å². The van der Waals surface area contributed by atoms with Gasteiger partial charge in [0.15, 0.2) is 11.2 Å². The number of carboxylic acid groups (broad SMARTS) is 1. The highest BCUT2D eigenvalue weighted by molar-refractivity contribution is 7.15. The Hall–Kier alpha value is -1.71. The summed E-state index contributed by atoms with van der Waals surface area (Å²) in [6, 6.07) is 0. The topological polar surface area (TPSA) is 129 Å². The van der Waals surface area contributed by atoms with E-state index in [1.807, 2.05) is 0 Å². The van der Waals surface area contributed by atoms with Gasteiger partial charge in [0.25, 0.3) is 0 Å². The van der Waals surface area contributed by atoms with E-state index >= 15 is 0 Å². The number of aromatic nitrogens is 1. The first-order valence-electron chi connectivity index (χ1n) is 5.65. The van der Waals surface area contributed by atoms with Crippen LogP contribution in [0.25, 0.3) is 0 Å². The van der Waals surface area contributed by atoms with E-state index < -0.39 is 29.9 Å². The summed E-state index contributed by atoms with van der Waals surface area (Å²) >= 11 is 0.845. The van der Waals surface area contributed by atoms with Crippen molar-refractivity contribution < 1.29 is 29.6 Å². The molecule has 0 spiro atoms. The second kappa shape index (κ2) is 6.16. The first-order chi connectivity index (χ1) is 9.10.